The lowest BCUT2D eigenvalue weighted by Gasteiger charge is -2.45. The van der Waals surface area contributed by atoms with E-state index in [9.17, 15) is 19.8 Å². The Hall–Kier alpha value is -3.14. The van der Waals surface area contributed by atoms with Gasteiger partial charge in [-0.15, -0.1) is 0 Å². The van der Waals surface area contributed by atoms with Crippen LogP contribution in [0, 0.1) is 11.8 Å². The van der Waals surface area contributed by atoms with Gasteiger partial charge in [0.05, 0.1) is 24.0 Å². The zero-order valence-electron chi connectivity index (χ0n) is 26.2. The van der Waals surface area contributed by atoms with Crippen LogP contribution in [-0.4, -0.2) is 63.0 Å². The Bertz CT molecular complexity index is 1560. The van der Waals surface area contributed by atoms with E-state index in [1.54, 1.807) is 48.4 Å². The Morgan fingerprint density at radius 2 is 2.00 bits per heavy atom. The third-order valence-electron chi connectivity index (χ3n) is 10.2. The van der Waals surface area contributed by atoms with Crippen molar-refractivity contribution in [1.29, 1.82) is 0 Å². The van der Waals surface area contributed by atoms with Gasteiger partial charge in [0.1, 0.15) is 11.5 Å². The number of hydrogen-bond acceptors (Lipinski definition) is 8. The second kappa shape index (κ2) is 14.3. The number of aliphatic hydroxyl groups excluding tert-OH is 1. The van der Waals surface area contributed by atoms with E-state index in [2.05, 4.69) is 33.9 Å². The van der Waals surface area contributed by atoms with Gasteiger partial charge in [-0.2, -0.15) is 0 Å². The standard InChI is InChI=1S/C36H42ClN3O5S/c1-2-28(46-35-38-15-4-16-39-35)10-9-27(41)19-32(42)29-11-6-25(29)20-40-21-36(14-3-5-23-17-26(37)8-12-30(23)36)22-45-33-13-7-24(34(43)44)18-31(33)40/h4,7-8,12-13,15-18,25,28-29,32,42H,2-3,5-6,9-11,14,19-22H2,1H3,(H,43,44)/t25-,28+,29+,32+,36?/m0/s1. The molecule has 0 radical (unpaired) electrons. The number of rotatable bonds is 12. The van der Waals surface area contributed by atoms with Gasteiger partial charge in [0.2, 0.25) is 0 Å². The SMILES string of the molecule is CC[C@H](CCC(=O)C[C@@H](O)[C@@H]1CC[C@H]1CN1CC2(CCCc3cc(Cl)ccc32)COc2ccc(C(=O)O)cc21)Sc1ncccn1. The van der Waals surface area contributed by atoms with Gasteiger partial charge in [-0.05, 0) is 104 Å². The van der Waals surface area contributed by atoms with E-state index >= 15 is 0 Å². The molecule has 244 valence electrons. The highest BCUT2D eigenvalue weighted by molar-refractivity contribution is 7.99. The van der Waals surface area contributed by atoms with Gasteiger partial charge < -0.3 is 19.8 Å². The molecule has 8 nitrogen and oxygen atoms in total. The third-order valence-corrected chi connectivity index (χ3v) is 11.7. The lowest BCUT2D eigenvalue weighted by molar-refractivity contribution is -0.123. The molecule has 10 heteroatoms. The maximum atomic E-state index is 13.0. The van der Waals surface area contributed by atoms with Crippen LogP contribution in [0.25, 0.3) is 0 Å². The molecule has 0 amide bonds. The molecule has 5 atom stereocenters. The number of carboxylic acid groups (broad SMARTS) is 1. The maximum absolute atomic E-state index is 13.0. The number of Topliss-reactive ketones (excluding diaryl/α,β-unsaturated/α-hetero) is 1. The highest BCUT2D eigenvalue weighted by atomic mass is 35.5. The van der Waals surface area contributed by atoms with Gasteiger partial charge >= 0.3 is 5.97 Å². The van der Waals surface area contributed by atoms with Gasteiger partial charge in [-0.1, -0.05) is 36.4 Å². The number of hydrogen-bond donors (Lipinski definition) is 2. The number of carbonyl (C=O) groups excluding carboxylic acids is 1. The number of halogens is 1. The molecule has 2 aliphatic carbocycles. The van der Waals surface area contributed by atoms with E-state index in [0.717, 1.165) is 60.8 Å². The zero-order valence-corrected chi connectivity index (χ0v) is 27.8. The molecule has 6 rings (SSSR count). The van der Waals surface area contributed by atoms with Crippen molar-refractivity contribution in [2.45, 2.75) is 86.6 Å². The molecule has 3 aromatic rings. The van der Waals surface area contributed by atoms with Gasteiger partial charge in [0.15, 0.2) is 5.16 Å². The molecule has 1 fully saturated rings. The summed E-state index contributed by atoms with van der Waals surface area (Å²) in [6, 6.07) is 13.0. The van der Waals surface area contributed by atoms with Crippen molar-refractivity contribution >= 4 is 40.8 Å². The lowest BCUT2D eigenvalue weighted by Crippen LogP contribution is -2.49. The number of carbonyl (C=O) groups is 2. The minimum Gasteiger partial charge on any atom is -0.490 e. The summed E-state index contributed by atoms with van der Waals surface area (Å²) in [5.41, 5.74) is 3.22. The molecule has 1 unspecified atom stereocenters. The molecule has 2 aromatic carbocycles. The van der Waals surface area contributed by atoms with Gasteiger partial charge in [0.25, 0.3) is 0 Å². The topological polar surface area (TPSA) is 113 Å². The summed E-state index contributed by atoms with van der Waals surface area (Å²) in [5.74, 6) is -0.0145. The van der Waals surface area contributed by atoms with Crippen LogP contribution < -0.4 is 9.64 Å². The fourth-order valence-electron chi connectivity index (χ4n) is 7.51. The van der Waals surface area contributed by atoms with Crippen molar-refractivity contribution in [1.82, 2.24) is 9.97 Å². The molecule has 1 aliphatic heterocycles. The zero-order chi connectivity index (χ0) is 32.3. The summed E-state index contributed by atoms with van der Waals surface area (Å²) in [5, 5.41) is 22.8. The normalized spacial score (nSPS) is 23.3. The van der Waals surface area contributed by atoms with Crippen molar-refractivity contribution in [3.05, 3.63) is 76.6 Å². The minimum atomic E-state index is -0.977. The first-order chi connectivity index (χ1) is 22.2. The highest BCUT2D eigenvalue weighted by Gasteiger charge is 2.44. The number of thioether (sulfide) groups is 1. The number of ether oxygens (including phenoxy) is 1. The summed E-state index contributed by atoms with van der Waals surface area (Å²) < 4.78 is 6.48. The van der Waals surface area contributed by atoms with Crippen molar-refractivity contribution in [2.24, 2.45) is 11.8 Å². The van der Waals surface area contributed by atoms with E-state index in [0.29, 0.717) is 31.9 Å². The maximum Gasteiger partial charge on any atom is 0.335 e. The second-order valence-electron chi connectivity index (χ2n) is 13.1. The molecule has 1 saturated carbocycles. The van der Waals surface area contributed by atoms with E-state index in [4.69, 9.17) is 16.3 Å². The molecule has 1 aromatic heterocycles. The largest absolute Gasteiger partial charge is 0.490 e. The summed E-state index contributed by atoms with van der Waals surface area (Å²) in [6.07, 6.45) is 9.74. The first-order valence-corrected chi connectivity index (χ1v) is 17.7. The second-order valence-corrected chi connectivity index (χ2v) is 14.8. The third kappa shape index (κ3) is 7.21. The molecule has 3 aliphatic rings. The Kier molecular flexibility index (Phi) is 10.2. The van der Waals surface area contributed by atoms with Crippen LogP contribution in [0.3, 0.4) is 0 Å². The van der Waals surface area contributed by atoms with E-state index in [1.165, 1.54) is 11.1 Å². The molecule has 2 N–H and O–H groups in total. The quantitative estimate of drug-likeness (QED) is 0.156. The summed E-state index contributed by atoms with van der Waals surface area (Å²) in [4.78, 5) is 35.9. The number of carboxylic acids is 1. The number of aryl methyl sites for hydroxylation is 1. The summed E-state index contributed by atoms with van der Waals surface area (Å²) in [7, 11) is 0. The minimum absolute atomic E-state index is 0.0155. The average Bonchev–Trinajstić information content (AvgIpc) is 3.18. The van der Waals surface area contributed by atoms with Crippen LogP contribution >= 0.6 is 23.4 Å². The summed E-state index contributed by atoms with van der Waals surface area (Å²) >= 11 is 7.99. The predicted molar refractivity (Wildman–Crippen MR) is 180 cm³/mol. The molecule has 0 saturated heterocycles. The molecular formula is C36H42ClN3O5S. The smallest absolute Gasteiger partial charge is 0.335 e. The monoisotopic (exact) mass is 663 g/mol. The molecule has 46 heavy (non-hydrogen) atoms. The highest BCUT2D eigenvalue weighted by Crippen LogP contribution is 2.47. The summed E-state index contributed by atoms with van der Waals surface area (Å²) in [6.45, 7) is 3.94. The number of aromatic carboxylic acids is 1. The van der Waals surface area contributed by atoms with Crippen LogP contribution in [0.15, 0.2) is 60.0 Å². The number of aliphatic hydroxyl groups is 1. The van der Waals surface area contributed by atoms with Crippen LogP contribution in [0.1, 0.15) is 79.8 Å². The van der Waals surface area contributed by atoms with Crippen LogP contribution in [0.2, 0.25) is 5.02 Å². The molecule has 0 bridgehead atoms. The molecule has 2 heterocycles. The van der Waals surface area contributed by atoms with Gasteiger partial charge in [0, 0.05) is 54.0 Å². The van der Waals surface area contributed by atoms with Gasteiger partial charge in [-0.3, -0.25) is 4.79 Å². The fraction of sp³-hybridized carbons (Fsp3) is 0.500. The molecular weight excluding hydrogens is 622 g/mol. The first-order valence-electron chi connectivity index (χ1n) is 16.4. The van der Waals surface area contributed by atoms with Crippen molar-refractivity contribution in [2.75, 3.05) is 24.6 Å². The molecule has 1 spiro atoms. The van der Waals surface area contributed by atoms with E-state index in [-0.39, 0.29) is 40.3 Å². The number of benzene rings is 2. The number of fused-ring (bicyclic) bond motifs is 3. The number of nitrogens with zero attached hydrogens (tertiary/aromatic N) is 3. The van der Waals surface area contributed by atoms with Gasteiger partial charge in [-0.25, -0.2) is 14.8 Å². The Balaban J connectivity index is 1.15. The van der Waals surface area contributed by atoms with E-state index < -0.39 is 12.1 Å². The van der Waals surface area contributed by atoms with Crippen LogP contribution in [-0.2, 0) is 16.6 Å². The van der Waals surface area contributed by atoms with Crippen LogP contribution in [0.4, 0.5) is 5.69 Å². The Morgan fingerprint density at radius 3 is 2.74 bits per heavy atom. The first kappa shape index (κ1) is 32.8. The number of anilines is 1. The average molecular weight is 664 g/mol. The Morgan fingerprint density at radius 1 is 1.17 bits per heavy atom. The predicted octanol–water partition coefficient (Wildman–Crippen LogP) is 7.00. The number of aromatic nitrogens is 2. The van der Waals surface area contributed by atoms with Crippen molar-refractivity contribution in [3.63, 3.8) is 0 Å². The van der Waals surface area contributed by atoms with E-state index in [1.807, 2.05) is 6.07 Å². The fourth-order valence-corrected chi connectivity index (χ4v) is 8.65. The van der Waals surface area contributed by atoms with Crippen molar-refractivity contribution in [3.8, 4) is 5.75 Å². The lowest BCUT2D eigenvalue weighted by atomic mass is 9.68. The Labute approximate surface area is 279 Å². The van der Waals surface area contributed by atoms with Crippen molar-refractivity contribution < 1.29 is 24.5 Å². The number of ketones is 1. The van der Waals surface area contributed by atoms with Crippen LogP contribution in [0.5, 0.6) is 5.75 Å².